The first kappa shape index (κ1) is 14.1. The number of pyridine rings is 1. The quantitative estimate of drug-likeness (QED) is 0.705. The number of anilines is 1. The maximum absolute atomic E-state index is 5.62. The van der Waals surface area contributed by atoms with Gasteiger partial charge in [0.1, 0.15) is 11.5 Å². The smallest absolute Gasteiger partial charge is 0.158 e. The van der Waals surface area contributed by atoms with Crippen LogP contribution in [0.4, 0.5) is 5.82 Å². The van der Waals surface area contributed by atoms with E-state index in [2.05, 4.69) is 10.3 Å². The molecular weight excluding hydrogens is 288 g/mol. The lowest BCUT2D eigenvalue weighted by Crippen LogP contribution is -2.14. The molecule has 0 fully saturated rings. The van der Waals surface area contributed by atoms with E-state index in [9.17, 15) is 0 Å². The first-order valence-corrected chi connectivity index (χ1v) is 8.13. The fourth-order valence-electron chi connectivity index (χ4n) is 3.12. The summed E-state index contributed by atoms with van der Waals surface area (Å²) in [6.45, 7) is 1.53. The van der Waals surface area contributed by atoms with E-state index in [0.717, 1.165) is 55.1 Å². The van der Waals surface area contributed by atoms with Crippen LogP contribution in [0.15, 0.2) is 30.5 Å². The molecule has 0 radical (unpaired) electrons. The van der Waals surface area contributed by atoms with Crippen LogP contribution in [0.1, 0.15) is 24.1 Å². The highest BCUT2D eigenvalue weighted by molar-refractivity contribution is 5.65. The van der Waals surface area contributed by atoms with Crippen LogP contribution in [-0.2, 0) is 12.8 Å². The van der Waals surface area contributed by atoms with Crippen molar-refractivity contribution in [1.29, 1.82) is 0 Å². The summed E-state index contributed by atoms with van der Waals surface area (Å²) in [5.74, 6) is 1.07. The molecule has 0 atom stereocenters. The number of nitrogens with one attached hydrogen (secondary N) is 1. The van der Waals surface area contributed by atoms with Crippen LogP contribution in [0.3, 0.4) is 0 Å². The van der Waals surface area contributed by atoms with Crippen molar-refractivity contribution in [2.45, 2.75) is 25.7 Å². The average molecular weight is 308 g/mol. The lowest BCUT2D eigenvalue weighted by Gasteiger charge is -2.12. The molecule has 118 valence electrons. The van der Waals surface area contributed by atoms with Gasteiger partial charge >= 0.3 is 0 Å². The van der Waals surface area contributed by atoms with Crippen molar-refractivity contribution in [1.82, 2.24) is 19.6 Å². The zero-order valence-electron chi connectivity index (χ0n) is 13.0. The summed E-state index contributed by atoms with van der Waals surface area (Å²) < 4.78 is 1.92. The van der Waals surface area contributed by atoms with E-state index >= 15 is 0 Å². The van der Waals surface area contributed by atoms with Gasteiger partial charge < -0.3 is 11.1 Å². The summed E-state index contributed by atoms with van der Waals surface area (Å²) in [5.41, 5.74) is 10.7. The van der Waals surface area contributed by atoms with Gasteiger partial charge in [0.25, 0.3) is 0 Å². The molecule has 6 nitrogen and oxygen atoms in total. The number of aryl methyl sites for hydroxylation is 1. The Balaban J connectivity index is 1.82. The molecule has 0 amide bonds. The molecule has 0 bridgehead atoms. The SMILES string of the molecule is NCCCNc1c2c(nc3cc(-c4ccccn4)nn13)CCC2. The third kappa shape index (κ3) is 2.55. The van der Waals surface area contributed by atoms with Gasteiger partial charge in [-0.1, -0.05) is 6.07 Å². The number of nitrogens with zero attached hydrogens (tertiary/aromatic N) is 4. The van der Waals surface area contributed by atoms with Crippen LogP contribution < -0.4 is 11.1 Å². The Morgan fingerprint density at radius 1 is 1.22 bits per heavy atom. The highest BCUT2D eigenvalue weighted by atomic mass is 15.3. The van der Waals surface area contributed by atoms with Gasteiger partial charge in [-0.05, 0) is 44.4 Å². The summed E-state index contributed by atoms with van der Waals surface area (Å²) in [4.78, 5) is 9.19. The van der Waals surface area contributed by atoms with Crippen LogP contribution in [0.5, 0.6) is 0 Å². The summed E-state index contributed by atoms with van der Waals surface area (Å²) in [6.07, 6.45) is 5.98. The Bertz CT molecular complexity index is 824. The average Bonchev–Trinajstić information content (AvgIpc) is 3.21. The van der Waals surface area contributed by atoms with Gasteiger partial charge in [0, 0.05) is 30.1 Å². The highest BCUT2D eigenvalue weighted by Gasteiger charge is 2.21. The van der Waals surface area contributed by atoms with Crippen LogP contribution in [0, 0.1) is 0 Å². The fourth-order valence-corrected chi connectivity index (χ4v) is 3.12. The zero-order valence-corrected chi connectivity index (χ0v) is 13.0. The van der Waals surface area contributed by atoms with Crippen LogP contribution in [0.25, 0.3) is 17.0 Å². The Labute approximate surface area is 134 Å². The third-order valence-corrected chi connectivity index (χ3v) is 4.23. The molecule has 0 spiro atoms. The minimum Gasteiger partial charge on any atom is -0.370 e. The summed E-state index contributed by atoms with van der Waals surface area (Å²) in [6, 6.07) is 7.86. The second kappa shape index (κ2) is 5.96. The second-order valence-corrected chi connectivity index (χ2v) is 5.82. The maximum atomic E-state index is 5.62. The highest BCUT2D eigenvalue weighted by Crippen LogP contribution is 2.30. The van der Waals surface area contributed by atoms with Crippen molar-refractivity contribution in [3.05, 3.63) is 41.7 Å². The van der Waals surface area contributed by atoms with Gasteiger partial charge in [-0.15, -0.1) is 0 Å². The van der Waals surface area contributed by atoms with Gasteiger partial charge in [0.2, 0.25) is 0 Å². The van der Waals surface area contributed by atoms with Gasteiger partial charge in [0.05, 0.1) is 5.69 Å². The first-order valence-electron chi connectivity index (χ1n) is 8.13. The minimum atomic E-state index is 0.682. The van der Waals surface area contributed by atoms with Crippen LogP contribution in [0.2, 0.25) is 0 Å². The molecule has 1 aliphatic rings. The van der Waals surface area contributed by atoms with Crippen molar-refractivity contribution in [2.75, 3.05) is 18.4 Å². The van der Waals surface area contributed by atoms with Gasteiger partial charge in [-0.25, -0.2) is 4.98 Å². The topological polar surface area (TPSA) is 81.1 Å². The third-order valence-electron chi connectivity index (χ3n) is 4.23. The lowest BCUT2D eigenvalue weighted by molar-refractivity contribution is 0.844. The number of nitrogens with two attached hydrogens (primary N) is 1. The molecule has 0 aromatic carbocycles. The van der Waals surface area contributed by atoms with Crippen molar-refractivity contribution >= 4 is 11.5 Å². The fraction of sp³-hybridized carbons (Fsp3) is 0.353. The van der Waals surface area contributed by atoms with Crippen molar-refractivity contribution in [2.24, 2.45) is 5.73 Å². The first-order chi connectivity index (χ1) is 11.4. The maximum Gasteiger partial charge on any atom is 0.158 e. The summed E-state index contributed by atoms with van der Waals surface area (Å²) in [7, 11) is 0. The Hall–Kier alpha value is -2.47. The molecule has 6 heteroatoms. The number of fused-ring (bicyclic) bond motifs is 2. The predicted octanol–water partition coefficient (Wildman–Crippen LogP) is 2.04. The largest absolute Gasteiger partial charge is 0.370 e. The van der Waals surface area contributed by atoms with E-state index in [1.165, 1.54) is 11.3 Å². The van der Waals surface area contributed by atoms with E-state index in [0.29, 0.717) is 6.54 Å². The van der Waals surface area contributed by atoms with Gasteiger partial charge in [-0.3, -0.25) is 4.98 Å². The summed E-state index contributed by atoms with van der Waals surface area (Å²) >= 11 is 0. The molecule has 23 heavy (non-hydrogen) atoms. The predicted molar refractivity (Wildman–Crippen MR) is 90.4 cm³/mol. The molecule has 0 saturated carbocycles. The summed E-state index contributed by atoms with van der Waals surface area (Å²) in [5, 5.41) is 8.25. The molecule has 3 heterocycles. The normalized spacial score (nSPS) is 13.4. The molecule has 0 saturated heterocycles. The Morgan fingerprint density at radius 3 is 3.00 bits per heavy atom. The van der Waals surface area contributed by atoms with Crippen molar-refractivity contribution in [3.63, 3.8) is 0 Å². The van der Waals surface area contributed by atoms with Crippen molar-refractivity contribution in [3.8, 4) is 11.4 Å². The molecular formula is C17H20N6. The Kier molecular flexibility index (Phi) is 3.67. The van der Waals surface area contributed by atoms with Gasteiger partial charge in [-0.2, -0.15) is 9.61 Å². The number of hydrogen-bond donors (Lipinski definition) is 2. The van der Waals surface area contributed by atoms with E-state index in [1.807, 2.05) is 28.8 Å². The molecule has 1 aliphatic carbocycles. The van der Waals surface area contributed by atoms with E-state index in [-0.39, 0.29) is 0 Å². The molecule has 0 unspecified atom stereocenters. The molecule has 3 N–H and O–H groups in total. The standard InChI is InChI=1S/C17H20N6/c18-8-4-10-20-17-12-5-3-7-13(12)21-16-11-15(22-23(16)17)14-6-1-2-9-19-14/h1-2,6,9,11,20H,3-5,7-8,10,18H2. The zero-order chi connectivity index (χ0) is 15.6. The molecule has 4 rings (SSSR count). The molecule has 3 aromatic heterocycles. The van der Waals surface area contributed by atoms with E-state index in [4.69, 9.17) is 15.8 Å². The second-order valence-electron chi connectivity index (χ2n) is 5.82. The van der Waals surface area contributed by atoms with Crippen LogP contribution >= 0.6 is 0 Å². The lowest BCUT2D eigenvalue weighted by atomic mass is 10.2. The van der Waals surface area contributed by atoms with E-state index < -0.39 is 0 Å². The number of hydrogen-bond acceptors (Lipinski definition) is 5. The Morgan fingerprint density at radius 2 is 2.17 bits per heavy atom. The van der Waals surface area contributed by atoms with Crippen molar-refractivity contribution < 1.29 is 0 Å². The molecule has 3 aromatic rings. The monoisotopic (exact) mass is 308 g/mol. The van der Waals surface area contributed by atoms with Gasteiger partial charge in [0.15, 0.2) is 5.65 Å². The number of rotatable bonds is 5. The number of aromatic nitrogens is 4. The molecule has 0 aliphatic heterocycles. The van der Waals surface area contributed by atoms with Crippen LogP contribution in [-0.4, -0.2) is 32.7 Å². The minimum absolute atomic E-state index is 0.682. The van der Waals surface area contributed by atoms with E-state index in [1.54, 1.807) is 6.20 Å².